The van der Waals surface area contributed by atoms with Gasteiger partial charge in [0.15, 0.2) is 0 Å². The third-order valence-corrected chi connectivity index (χ3v) is 11.7. The molecular formula is C54H37BN2. The molecule has 2 nitrogen and oxygen atoms in total. The summed E-state index contributed by atoms with van der Waals surface area (Å²) in [6.07, 6.45) is 0. The molecule has 3 heteroatoms. The van der Waals surface area contributed by atoms with Gasteiger partial charge in [-0.1, -0.05) is 182 Å². The van der Waals surface area contributed by atoms with Crippen LogP contribution in [-0.2, 0) is 0 Å². The molecule has 2 aliphatic heterocycles. The van der Waals surface area contributed by atoms with E-state index in [0.29, 0.717) is 0 Å². The summed E-state index contributed by atoms with van der Waals surface area (Å²) in [6, 6.07) is 82.0. The Labute approximate surface area is 334 Å². The summed E-state index contributed by atoms with van der Waals surface area (Å²) in [4.78, 5) is 5.01. The van der Waals surface area contributed by atoms with Crippen molar-refractivity contribution in [1.29, 1.82) is 0 Å². The molecule has 0 fully saturated rings. The van der Waals surface area contributed by atoms with E-state index in [2.05, 4.69) is 234 Å². The SMILES string of the molecule is c1ccc(-c2ccc(N3c4ccc(-c5ccccc5)cc4B4c5ccc(-c6ccccc6)cc5N(c5ccccc5-c5ccccc5)c5cccc3c54)cc2)cc1. The smallest absolute Gasteiger partial charge is 0.252 e. The zero-order valence-corrected chi connectivity index (χ0v) is 31.3. The van der Waals surface area contributed by atoms with Crippen LogP contribution in [0.2, 0.25) is 0 Å². The third-order valence-electron chi connectivity index (χ3n) is 11.7. The van der Waals surface area contributed by atoms with Gasteiger partial charge in [-0.2, -0.15) is 0 Å². The Kier molecular flexibility index (Phi) is 7.96. The Balaban J connectivity index is 1.19. The van der Waals surface area contributed by atoms with Crippen LogP contribution in [0.5, 0.6) is 0 Å². The molecule has 0 aromatic heterocycles. The van der Waals surface area contributed by atoms with Crippen molar-refractivity contribution in [3.8, 4) is 44.5 Å². The first kappa shape index (κ1) is 33.0. The standard InChI is InChI=1S/C54H37BN2/c1-5-16-38(17-6-1)41-28-32-45(33-29-41)56-50-35-31-43(39-18-7-2-8-19-39)36-48(50)55-47-34-30-44(40-20-9-3-10-21-40)37-53(47)57(52-27-15-26-51(56)54(52)55)49-25-14-13-24-46(49)42-22-11-4-12-23-42/h1-37H. The lowest BCUT2D eigenvalue weighted by Crippen LogP contribution is -2.61. The summed E-state index contributed by atoms with van der Waals surface area (Å²) in [6.45, 7) is 0.00895. The van der Waals surface area contributed by atoms with Gasteiger partial charge in [-0.3, -0.25) is 0 Å². The van der Waals surface area contributed by atoms with Gasteiger partial charge >= 0.3 is 0 Å². The van der Waals surface area contributed by atoms with Gasteiger partial charge in [-0.05, 0) is 97.8 Å². The Morgan fingerprint density at radius 1 is 0.263 bits per heavy atom. The van der Waals surface area contributed by atoms with Crippen molar-refractivity contribution < 1.29 is 0 Å². The number of hydrogen-bond acceptors (Lipinski definition) is 2. The molecule has 0 atom stereocenters. The molecule has 0 spiro atoms. The number of hydrogen-bond donors (Lipinski definition) is 0. The van der Waals surface area contributed by atoms with Crippen LogP contribution in [0.1, 0.15) is 0 Å². The molecule has 0 radical (unpaired) electrons. The van der Waals surface area contributed by atoms with Crippen LogP contribution in [0, 0.1) is 0 Å². The largest absolute Gasteiger partial charge is 0.311 e. The molecule has 0 aliphatic carbocycles. The van der Waals surface area contributed by atoms with Crippen molar-refractivity contribution in [2.24, 2.45) is 0 Å². The number of benzene rings is 9. The summed E-state index contributed by atoms with van der Waals surface area (Å²) >= 11 is 0. The first-order chi connectivity index (χ1) is 28.3. The van der Waals surface area contributed by atoms with Crippen molar-refractivity contribution in [3.05, 3.63) is 224 Å². The first-order valence-electron chi connectivity index (χ1n) is 19.7. The van der Waals surface area contributed by atoms with Crippen molar-refractivity contribution in [2.45, 2.75) is 0 Å². The highest BCUT2D eigenvalue weighted by Gasteiger charge is 2.43. The molecule has 9 aromatic rings. The fourth-order valence-corrected chi connectivity index (χ4v) is 9.06. The number of fused-ring (bicyclic) bond motifs is 4. The van der Waals surface area contributed by atoms with Gasteiger partial charge in [-0.25, -0.2) is 0 Å². The molecule has 0 saturated heterocycles. The topological polar surface area (TPSA) is 6.48 Å². The van der Waals surface area contributed by atoms with Gasteiger partial charge in [0.05, 0.1) is 5.69 Å². The Bertz CT molecular complexity index is 2890. The second-order valence-corrected chi connectivity index (χ2v) is 14.9. The molecule has 2 heterocycles. The molecule has 11 rings (SSSR count). The van der Waals surface area contributed by atoms with Crippen LogP contribution in [0.3, 0.4) is 0 Å². The second-order valence-electron chi connectivity index (χ2n) is 14.9. The zero-order chi connectivity index (χ0) is 37.7. The van der Waals surface area contributed by atoms with Gasteiger partial charge in [0.1, 0.15) is 0 Å². The molecule has 266 valence electrons. The van der Waals surface area contributed by atoms with Gasteiger partial charge in [-0.15, -0.1) is 0 Å². The quantitative estimate of drug-likeness (QED) is 0.158. The van der Waals surface area contributed by atoms with E-state index in [-0.39, 0.29) is 6.71 Å². The average molecular weight is 725 g/mol. The number of para-hydroxylation sites is 1. The summed E-state index contributed by atoms with van der Waals surface area (Å²) in [5, 5.41) is 0. The summed E-state index contributed by atoms with van der Waals surface area (Å²) in [5.41, 5.74) is 20.6. The van der Waals surface area contributed by atoms with Crippen LogP contribution in [0.4, 0.5) is 34.1 Å². The summed E-state index contributed by atoms with van der Waals surface area (Å²) in [7, 11) is 0. The first-order valence-corrected chi connectivity index (χ1v) is 19.7. The van der Waals surface area contributed by atoms with E-state index >= 15 is 0 Å². The maximum absolute atomic E-state index is 2.53. The molecule has 57 heavy (non-hydrogen) atoms. The van der Waals surface area contributed by atoms with E-state index in [1.54, 1.807) is 0 Å². The van der Waals surface area contributed by atoms with Crippen molar-refractivity contribution in [1.82, 2.24) is 0 Å². The van der Waals surface area contributed by atoms with Crippen LogP contribution in [0.25, 0.3) is 44.5 Å². The maximum atomic E-state index is 2.53. The number of rotatable bonds is 6. The summed E-state index contributed by atoms with van der Waals surface area (Å²) in [5.74, 6) is 0. The fourth-order valence-electron chi connectivity index (χ4n) is 9.06. The lowest BCUT2D eigenvalue weighted by molar-refractivity contribution is 1.25. The van der Waals surface area contributed by atoms with E-state index in [0.717, 1.165) is 11.4 Å². The monoisotopic (exact) mass is 724 g/mol. The van der Waals surface area contributed by atoms with Crippen LogP contribution in [0.15, 0.2) is 224 Å². The highest BCUT2D eigenvalue weighted by Crippen LogP contribution is 2.47. The fraction of sp³-hybridized carbons (Fsp3) is 0. The van der Waals surface area contributed by atoms with Crippen molar-refractivity contribution in [2.75, 3.05) is 9.80 Å². The minimum absolute atomic E-state index is 0.00895. The molecule has 9 aromatic carbocycles. The Hall–Kier alpha value is -7.36. The number of anilines is 6. The van der Waals surface area contributed by atoms with E-state index in [1.165, 1.54) is 83.6 Å². The maximum Gasteiger partial charge on any atom is 0.252 e. The highest BCUT2D eigenvalue weighted by molar-refractivity contribution is 7.00. The van der Waals surface area contributed by atoms with E-state index < -0.39 is 0 Å². The van der Waals surface area contributed by atoms with Gasteiger partial charge in [0.25, 0.3) is 6.71 Å². The molecule has 0 unspecified atom stereocenters. The molecule has 0 bridgehead atoms. The summed E-state index contributed by atoms with van der Waals surface area (Å²) < 4.78 is 0. The van der Waals surface area contributed by atoms with E-state index in [1.807, 2.05) is 0 Å². The van der Waals surface area contributed by atoms with Gasteiger partial charge < -0.3 is 9.80 Å². The molecule has 0 amide bonds. The van der Waals surface area contributed by atoms with Crippen molar-refractivity contribution >= 4 is 57.2 Å². The number of nitrogens with zero attached hydrogens (tertiary/aromatic N) is 2. The average Bonchev–Trinajstić information content (AvgIpc) is 3.30. The molecule has 0 N–H and O–H groups in total. The molecule has 0 saturated carbocycles. The predicted molar refractivity (Wildman–Crippen MR) is 242 cm³/mol. The zero-order valence-electron chi connectivity index (χ0n) is 31.3. The van der Waals surface area contributed by atoms with Gasteiger partial charge in [0, 0.05) is 34.0 Å². The van der Waals surface area contributed by atoms with Crippen LogP contribution >= 0.6 is 0 Å². The molecule has 2 aliphatic rings. The normalized spacial score (nSPS) is 12.5. The Morgan fingerprint density at radius 2 is 0.737 bits per heavy atom. The highest BCUT2D eigenvalue weighted by atomic mass is 15.2. The van der Waals surface area contributed by atoms with E-state index in [9.17, 15) is 0 Å². The lowest BCUT2D eigenvalue weighted by Gasteiger charge is -2.44. The minimum Gasteiger partial charge on any atom is -0.311 e. The minimum atomic E-state index is 0.00895. The Morgan fingerprint density at radius 3 is 1.39 bits per heavy atom. The lowest BCUT2D eigenvalue weighted by atomic mass is 9.33. The van der Waals surface area contributed by atoms with Crippen LogP contribution in [-0.4, -0.2) is 6.71 Å². The molecular weight excluding hydrogens is 687 g/mol. The second kappa shape index (κ2) is 13.7. The van der Waals surface area contributed by atoms with Crippen molar-refractivity contribution in [3.63, 3.8) is 0 Å². The van der Waals surface area contributed by atoms with E-state index in [4.69, 9.17) is 0 Å². The third kappa shape index (κ3) is 5.59. The predicted octanol–water partition coefficient (Wildman–Crippen LogP) is 12.4. The van der Waals surface area contributed by atoms with Gasteiger partial charge in [0.2, 0.25) is 0 Å². The van der Waals surface area contributed by atoms with Crippen LogP contribution < -0.4 is 26.2 Å².